The number of ketones is 1. The number of carbonyl (C=O) groups excluding carboxylic acids is 4. The average molecular weight is 512 g/mol. The highest BCUT2D eigenvalue weighted by Crippen LogP contribution is 2.45. The second kappa shape index (κ2) is 10.6. The van der Waals surface area contributed by atoms with Crippen molar-refractivity contribution in [2.75, 3.05) is 12.0 Å². The number of anilines is 1. The minimum Gasteiger partial charge on any atom is -0.497 e. The SMILES string of the molecule is COc1ccc(C(=O)[C@@H](C)OC(=O)c2ccc(N3C(=O)[C@H]4CC[C@H](c5ccccc5)C[C@@H]4C3=O)cc2)cc1. The van der Waals surface area contributed by atoms with E-state index in [1.54, 1.807) is 36.4 Å². The van der Waals surface area contributed by atoms with Gasteiger partial charge in [-0.25, -0.2) is 4.79 Å². The van der Waals surface area contributed by atoms with Gasteiger partial charge in [0.2, 0.25) is 17.6 Å². The Balaban J connectivity index is 1.24. The zero-order chi connectivity index (χ0) is 26.8. The fourth-order valence-electron chi connectivity index (χ4n) is 5.48. The molecular formula is C31H29NO6. The van der Waals surface area contributed by atoms with Crippen LogP contribution >= 0.6 is 0 Å². The number of Topliss-reactive ketones (excluding diaryl/α,β-unsaturated/α-hetero) is 1. The molecule has 1 aliphatic carbocycles. The Kier molecular flexibility index (Phi) is 7.09. The summed E-state index contributed by atoms with van der Waals surface area (Å²) in [5, 5.41) is 0. The first kappa shape index (κ1) is 25.4. The van der Waals surface area contributed by atoms with Crippen LogP contribution in [-0.2, 0) is 14.3 Å². The normalized spacial score (nSPS) is 21.5. The van der Waals surface area contributed by atoms with E-state index in [1.165, 1.54) is 36.6 Å². The van der Waals surface area contributed by atoms with Crippen molar-refractivity contribution >= 4 is 29.3 Å². The van der Waals surface area contributed by atoms with Crippen molar-refractivity contribution in [1.29, 1.82) is 0 Å². The second-order valence-electron chi connectivity index (χ2n) is 9.83. The molecule has 5 rings (SSSR count). The summed E-state index contributed by atoms with van der Waals surface area (Å²) in [6.07, 6.45) is 1.21. The van der Waals surface area contributed by atoms with Crippen LogP contribution in [-0.4, -0.2) is 36.8 Å². The number of nitrogens with zero attached hydrogens (tertiary/aromatic N) is 1. The van der Waals surface area contributed by atoms with Gasteiger partial charge in [0.1, 0.15) is 5.75 Å². The number of imide groups is 1. The van der Waals surface area contributed by atoms with Crippen LogP contribution in [0.1, 0.15) is 58.4 Å². The maximum atomic E-state index is 13.3. The van der Waals surface area contributed by atoms with Crippen molar-refractivity contribution in [2.45, 2.75) is 38.2 Å². The van der Waals surface area contributed by atoms with Crippen molar-refractivity contribution in [3.8, 4) is 5.75 Å². The third kappa shape index (κ3) is 4.84. The van der Waals surface area contributed by atoms with Gasteiger partial charge in [0, 0.05) is 5.56 Å². The van der Waals surface area contributed by atoms with E-state index in [9.17, 15) is 19.2 Å². The van der Waals surface area contributed by atoms with Gasteiger partial charge in [0.05, 0.1) is 30.2 Å². The summed E-state index contributed by atoms with van der Waals surface area (Å²) >= 11 is 0. The van der Waals surface area contributed by atoms with Crippen LogP contribution in [0.2, 0.25) is 0 Å². The molecule has 7 nitrogen and oxygen atoms in total. The molecule has 0 N–H and O–H groups in total. The topological polar surface area (TPSA) is 90.0 Å². The van der Waals surface area contributed by atoms with Crippen LogP contribution in [0.15, 0.2) is 78.9 Å². The lowest BCUT2D eigenvalue weighted by Crippen LogP contribution is -2.31. The number of hydrogen-bond donors (Lipinski definition) is 0. The van der Waals surface area contributed by atoms with Crippen LogP contribution in [0.3, 0.4) is 0 Å². The summed E-state index contributed by atoms with van der Waals surface area (Å²) in [6.45, 7) is 1.52. The van der Waals surface area contributed by atoms with Gasteiger partial charge in [0.25, 0.3) is 0 Å². The highest BCUT2D eigenvalue weighted by atomic mass is 16.5. The lowest BCUT2D eigenvalue weighted by atomic mass is 9.73. The molecular weight excluding hydrogens is 482 g/mol. The smallest absolute Gasteiger partial charge is 0.338 e. The Morgan fingerprint density at radius 3 is 2.11 bits per heavy atom. The fraction of sp³-hybridized carbons (Fsp3) is 0.290. The standard InChI is InChI=1S/C31H29NO6/c1-19(28(33)21-10-15-25(37-2)16-11-21)38-31(36)22-8-13-24(14-9-22)32-29(34)26-17-12-23(18-27(26)30(32)35)20-6-4-3-5-7-20/h3-11,13-16,19,23,26-27H,12,17-18H2,1-2H3/t19-,23+,26+,27+/m1/s1. The van der Waals surface area contributed by atoms with E-state index in [1.807, 2.05) is 18.2 Å². The van der Waals surface area contributed by atoms with Gasteiger partial charge in [-0.05, 0) is 86.2 Å². The Labute approximate surface area is 221 Å². The van der Waals surface area contributed by atoms with Crippen LogP contribution in [0.25, 0.3) is 0 Å². The zero-order valence-electron chi connectivity index (χ0n) is 21.3. The predicted molar refractivity (Wildman–Crippen MR) is 141 cm³/mol. The molecule has 38 heavy (non-hydrogen) atoms. The molecule has 3 aromatic carbocycles. The van der Waals surface area contributed by atoms with Gasteiger partial charge in [-0.3, -0.25) is 19.3 Å². The van der Waals surface area contributed by atoms with Crippen LogP contribution < -0.4 is 9.64 Å². The number of ether oxygens (including phenoxy) is 2. The van der Waals surface area contributed by atoms with Gasteiger partial charge in [-0.2, -0.15) is 0 Å². The van der Waals surface area contributed by atoms with Crippen molar-refractivity contribution in [3.63, 3.8) is 0 Å². The summed E-state index contributed by atoms with van der Waals surface area (Å²) in [5.41, 5.74) is 2.27. The van der Waals surface area contributed by atoms with Crippen LogP contribution in [0.4, 0.5) is 5.69 Å². The fourth-order valence-corrected chi connectivity index (χ4v) is 5.48. The molecule has 0 unspecified atom stereocenters. The molecule has 1 saturated heterocycles. The molecule has 2 amide bonds. The lowest BCUT2D eigenvalue weighted by Gasteiger charge is -2.28. The molecule has 1 saturated carbocycles. The molecule has 0 radical (unpaired) electrons. The molecule has 4 atom stereocenters. The minimum absolute atomic E-state index is 0.180. The largest absolute Gasteiger partial charge is 0.497 e. The van der Waals surface area contributed by atoms with Gasteiger partial charge in [-0.15, -0.1) is 0 Å². The van der Waals surface area contributed by atoms with Crippen molar-refractivity contribution < 1.29 is 28.7 Å². The van der Waals surface area contributed by atoms with Gasteiger partial charge in [-0.1, -0.05) is 30.3 Å². The number of esters is 1. The number of methoxy groups -OCH3 is 1. The van der Waals surface area contributed by atoms with Crippen molar-refractivity contribution in [2.24, 2.45) is 11.8 Å². The molecule has 0 bridgehead atoms. The van der Waals surface area contributed by atoms with Crippen molar-refractivity contribution in [1.82, 2.24) is 0 Å². The van der Waals surface area contributed by atoms with Gasteiger partial charge in [0.15, 0.2) is 6.10 Å². The molecule has 194 valence electrons. The molecule has 0 aromatic heterocycles. The van der Waals surface area contributed by atoms with Crippen molar-refractivity contribution in [3.05, 3.63) is 95.6 Å². The summed E-state index contributed by atoms with van der Waals surface area (Å²) in [4.78, 5) is 53.1. The summed E-state index contributed by atoms with van der Waals surface area (Å²) in [6, 6.07) is 22.9. The summed E-state index contributed by atoms with van der Waals surface area (Å²) in [7, 11) is 1.54. The summed E-state index contributed by atoms with van der Waals surface area (Å²) < 4.78 is 10.5. The quantitative estimate of drug-likeness (QED) is 0.246. The first-order chi connectivity index (χ1) is 18.4. The Morgan fingerprint density at radius 2 is 1.45 bits per heavy atom. The Morgan fingerprint density at radius 1 is 0.816 bits per heavy atom. The maximum absolute atomic E-state index is 13.3. The minimum atomic E-state index is -0.988. The number of hydrogen-bond acceptors (Lipinski definition) is 6. The Bertz CT molecular complexity index is 1350. The average Bonchev–Trinajstić information content (AvgIpc) is 3.21. The third-order valence-electron chi connectivity index (χ3n) is 7.59. The van der Waals surface area contributed by atoms with Gasteiger partial charge >= 0.3 is 5.97 Å². The molecule has 0 spiro atoms. The first-order valence-electron chi connectivity index (χ1n) is 12.8. The summed E-state index contributed by atoms with van der Waals surface area (Å²) in [5.74, 6) is -1.12. The van der Waals surface area contributed by atoms with E-state index < -0.39 is 12.1 Å². The van der Waals surface area contributed by atoms with Crippen LogP contribution in [0.5, 0.6) is 5.75 Å². The van der Waals surface area contributed by atoms with Crippen LogP contribution in [0, 0.1) is 11.8 Å². The van der Waals surface area contributed by atoms with E-state index >= 15 is 0 Å². The number of benzene rings is 3. The van der Waals surface area contributed by atoms with Gasteiger partial charge < -0.3 is 9.47 Å². The highest BCUT2D eigenvalue weighted by Gasteiger charge is 2.50. The van der Waals surface area contributed by atoms with E-state index in [-0.39, 0.29) is 40.9 Å². The molecule has 3 aromatic rings. The first-order valence-corrected chi connectivity index (χ1v) is 12.8. The van der Waals surface area contributed by atoms with E-state index in [0.717, 1.165) is 6.42 Å². The predicted octanol–water partition coefficient (Wildman–Crippen LogP) is 5.20. The monoisotopic (exact) mass is 511 g/mol. The number of carbonyl (C=O) groups is 4. The van der Waals surface area contributed by atoms with E-state index in [0.29, 0.717) is 29.8 Å². The molecule has 1 aliphatic heterocycles. The lowest BCUT2D eigenvalue weighted by molar-refractivity contribution is -0.122. The molecule has 2 fully saturated rings. The van der Waals surface area contributed by atoms with E-state index in [2.05, 4.69) is 12.1 Å². The molecule has 7 heteroatoms. The second-order valence-corrected chi connectivity index (χ2v) is 9.83. The number of amides is 2. The molecule has 2 aliphatic rings. The maximum Gasteiger partial charge on any atom is 0.338 e. The highest BCUT2D eigenvalue weighted by molar-refractivity contribution is 6.22. The zero-order valence-corrected chi connectivity index (χ0v) is 21.3. The van der Waals surface area contributed by atoms with E-state index in [4.69, 9.17) is 9.47 Å². The Hall–Kier alpha value is -4.26. The number of rotatable bonds is 7. The number of fused-ring (bicyclic) bond motifs is 1. The third-order valence-corrected chi connectivity index (χ3v) is 7.59. The molecule has 1 heterocycles.